The molecule has 0 aromatic heterocycles. The molecule has 0 fully saturated rings. The third-order valence-corrected chi connectivity index (χ3v) is 3.64. The molecular weight excluding hydrogens is 332 g/mol. The van der Waals surface area contributed by atoms with E-state index in [9.17, 15) is 14.9 Å². The van der Waals surface area contributed by atoms with Gasteiger partial charge in [-0.2, -0.15) is 0 Å². The van der Waals surface area contributed by atoms with Crippen LogP contribution in [0.1, 0.15) is 22.8 Å². The van der Waals surface area contributed by atoms with Crippen molar-refractivity contribution in [2.45, 2.75) is 20.0 Å². The lowest BCUT2D eigenvalue weighted by molar-refractivity contribution is -0.385. The minimum Gasteiger partial charge on any atom is -0.489 e. The summed E-state index contributed by atoms with van der Waals surface area (Å²) in [6.07, 6.45) is -0.307. The van der Waals surface area contributed by atoms with Crippen LogP contribution in [0, 0.1) is 17.0 Å². The number of rotatable bonds is 6. The minimum absolute atomic E-state index is 0.0359. The van der Waals surface area contributed by atoms with Gasteiger partial charge in [0.2, 0.25) is 0 Å². The zero-order chi connectivity index (χ0) is 17.7. The lowest BCUT2D eigenvalue weighted by atomic mass is 10.1. The Bertz CT molecular complexity index is 747. The number of ether oxygens (including phenoxy) is 1. The van der Waals surface area contributed by atoms with Crippen LogP contribution in [0.15, 0.2) is 42.5 Å². The van der Waals surface area contributed by atoms with E-state index in [0.717, 1.165) is 5.56 Å². The van der Waals surface area contributed by atoms with Gasteiger partial charge in [-0.1, -0.05) is 35.4 Å². The molecule has 1 N–H and O–H groups in total. The molecule has 6 nitrogen and oxygen atoms in total. The van der Waals surface area contributed by atoms with Crippen molar-refractivity contribution in [1.29, 1.82) is 0 Å². The van der Waals surface area contributed by atoms with E-state index in [1.165, 1.54) is 18.2 Å². The molecule has 7 heteroatoms. The third-order valence-electron chi connectivity index (χ3n) is 3.32. The maximum absolute atomic E-state index is 12.2. The monoisotopic (exact) mass is 348 g/mol. The molecule has 1 atom stereocenters. The molecule has 2 aromatic rings. The van der Waals surface area contributed by atoms with Gasteiger partial charge < -0.3 is 10.1 Å². The highest BCUT2D eigenvalue weighted by Crippen LogP contribution is 2.26. The lowest BCUT2D eigenvalue weighted by Crippen LogP contribution is -2.34. The molecule has 0 aliphatic rings. The van der Waals surface area contributed by atoms with Gasteiger partial charge in [-0.05, 0) is 32.0 Å². The molecule has 2 aromatic carbocycles. The number of nitro groups is 1. The number of benzene rings is 2. The van der Waals surface area contributed by atoms with Gasteiger partial charge in [0.05, 0.1) is 16.5 Å². The molecule has 0 heterocycles. The third kappa shape index (κ3) is 4.45. The fraction of sp³-hybridized carbons (Fsp3) is 0.235. The normalized spacial score (nSPS) is 11.6. The van der Waals surface area contributed by atoms with Crippen molar-refractivity contribution in [1.82, 2.24) is 5.32 Å². The standard InChI is InChI=1S/C17H17ClN2O4/c1-11-6-8-13(9-7-11)24-12(2)10-19-17(21)16-14(18)4-3-5-15(16)20(22)23/h3-9,12H,10H2,1-2H3,(H,19,21)/t12-/m0/s1. The zero-order valence-corrected chi connectivity index (χ0v) is 14.0. The number of nitrogens with one attached hydrogen (secondary N) is 1. The molecule has 24 heavy (non-hydrogen) atoms. The molecule has 1 amide bonds. The summed E-state index contributed by atoms with van der Waals surface area (Å²) in [4.78, 5) is 22.6. The van der Waals surface area contributed by atoms with Gasteiger partial charge >= 0.3 is 0 Å². The van der Waals surface area contributed by atoms with Crippen molar-refractivity contribution in [2.24, 2.45) is 0 Å². The van der Waals surface area contributed by atoms with Crippen molar-refractivity contribution in [3.05, 3.63) is 68.7 Å². The Hall–Kier alpha value is -2.60. The number of aryl methyl sites for hydroxylation is 1. The summed E-state index contributed by atoms with van der Waals surface area (Å²) in [5.74, 6) is 0.0812. The van der Waals surface area contributed by atoms with Gasteiger partial charge in [0.1, 0.15) is 17.4 Å². The predicted octanol–water partition coefficient (Wildman–Crippen LogP) is 3.75. The van der Waals surface area contributed by atoms with Gasteiger partial charge in [0, 0.05) is 6.07 Å². The highest BCUT2D eigenvalue weighted by Gasteiger charge is 2.23. The van der Waals surface area contributed by atoms with Gasteiger partial charge in [0.15, 0.2) is 0 Å². The summed E-state index contributed by atoms with van der Waals surface area (Å²) in [5, 5.41) is 13.7. The number of hydrogen-bond donors (Lipinski definition) is 1. The van der Waals surface area contributed by atoms with E-state index in [2.05, 4.69) is 5.32 Å². The van der Waals surface area contributed by atoms with E-state index < -0.39 is 10.8 Å². The van der Waals surface area contributed by atoms with Crippen molar-refractivity contribution in [3.8, 4) is 5.75 Å². The first-order valence-corrected chi connectivity index (χ1v) is 7.70. The molecule has 126 valence electrons. The fourth-order valence-corrected chi connectivity index (χ4v) is 2.36. The summed E-state index contributed by atoms with van der Waals surface area (Å²) >= 11 is 5.93. The summed E-state index contributed by atoms with van der Waals surface area (Å²) < 4.78 is 5.68. The molecule has 0 unspecified atom stereocenters. The molecular formula is C17H17ClN2O4. The van der Waals surface area contributed by atoms with Crippen molar-refractivity contribution in [3.63, 3.8) is 0 Å². The molecule has 0 bridgehead atoms. The summed E-state index contributed by atoms with van der Waals surface area (Å²) in [6.45, 7) is 3.96. The second kappa shape index (κ2) is 7.79. The summed E-state index contributed by atoms with van der Waals surface area (Å²) in [6, 6.07) is 11.6. The van der Waals surface area contributed by atoms with Gasteiger partial charge in [-0.3, -0.25) is 14.9 Å². The lowest BCUT2D eigenvalue weighted by Gasteiger charge is -2.16. The Morgan fingerprint density at radius 1 is 1.29 bits per heavy atom. The number of carbonyl (C=O) groups is 1. The maximum Gasteiger partial charge on any atom is 0.283 e. The summed E-state index contributed by atoms with van der Waals surface area (Å²) in [7, 11) is 0. The molecule has 0 saturated carbocycles. The Morgan fingerprint density at radius 3 is 2.58 bits per heavy atom. The average molecular weight is 349 g/mol. The van der Waals surface area contributed by atoms with E-state index in [1.54, 1.807) is 6.92 Å². The second-order valence-electron chi connectivity index (χ2n) is 5.34. The van der Waals surface area contributed by atoms with Crippen LogP contribution < -0.4 is 10.1 Å². The highest BCUT2D eigenvalue weighted by atomic mass is 35.5. The topological polar surface area (TPSA) is 81.5 Å². The number of hydrogen-bond acceptors (Lipinski definition) is 4. The average Bonchev–Trinajstić information content (AvgIpc) is 2.54. The van der Waals surface area contributed by atoms with Crippen LogP contribution in [0.5, 0.6) is 5.75 Å². The first kappa shape index (κ1) is 17.7. The smallest absolute Gasteiger partial charge is 0.283 e. The number of halogens is 1. The minimum atomic E-state index is -0.632. The van der Waals surface area contributed by atoms with Crippen LogP contribution in [0.3, 0.4) is 0 Å². The Morgan fingerprint density at radius 2 is 1.96 bits per heavy atom. The zero-order valence-electron chi connectivity index (χ0n) is 13.3. The van der Waals surface area contributed by atoms with Crippen LogP contribution in [0.25, 0.3) is 0 Å². The van der Waals surface area contributed by atoms with Crippen molar-refractivity contribution < 1.29 is 14.5 Å². The number of amides is 1. The van der Waals surface area contributed by atoms with Gasteiger partial charge in [-0.25, -0.2) is 0 Å². The molecule has 0 saturated heterocycles. The van der Waals surface area contributed by atoms with Crippen LogP contribution in [0.2, 0.25) is 5.02 Å². The first-order valence-electron chi connectivity index (χ1n) is 7.33. The van der Waals surface area contributed by atoms with Crippen LogP contribution in [-0.4, -0.2) is 23.5 Å². The second-order valence-corrected chi connectivity index (χ2v) is 5.75. The Kier molecular flexibility index (Phi) is 5.76. The van der Waals surface area contributed by atoms with Gasteiger partial charge in [-0.15, -0.1) is 0 Å². The quantitative estimate of drug-likeness (QED) is 0.636. The van der Waals surface area contributed by atoms with Crippen molar-refractivity contribution in [2.75, 3.05) is 6.54 Å². The molecule has 0 radical (unpaired) electrons. The Balaban J connectivity index is 2.00. The van der Waals surface area contributed by atoms with E-state index in [-0.39, 0.29) is 28.9 Å². The van der Waals surface area contributed by atoms with Crippen LogP contribution >= 0.6 is 11.6 Å². The largest absolute Gasteiger partial charge is 0.489 e. The van der Waals surface area contributed by atoms with E-state index in [1.807, 2.05) is 31.2 Å². The molecule has 0 spiro atoms. The highest BCUT2D eigenvalue weighted by molar-refractivity contribution is 6.34. The number of carbonyl (C=O) groups excluding carboxylic acids is 1. The SMILES string of the molecule is Cc1ccc(O[C@@H](C)CNC(=O)c2c(Cl)cccc2[N+](=O)[O-])cc1. The first-order chi connectivity index (χ1) is 11.4. The molecule has 0 aliphatic carbocycles. The number of nitrogens with zero attached hydrogens (tertiary/aromatic N) is 1. The summed E-state index contributed by atoms with van der Waals surface area (Å²) in [5.41, 5.74) is 0.646. The van der Waals surface area contributed by atoms with Crippen molar-refractivity contribution >= 4 is 23.2 Å². The molecule has 2 rings (SSSR count). The Labute approximate surface area is 144 Å². The van der Waals surface area contributed by atoms with E-state index in [4.69, 9.17) is 16.3 Å². The van der Waals surface area contributed by atoms with E-state index >= 15 is 0 Å². The predicted molar refractivity (Wildman–Crippen MR) is 91.7 cm³/mol. The molecule has 0 aliphatic heterocycles. The van der Waals surface area contributed by atoms with Crippen LogP contribution in [-0.2, 0) is 0 Å². The number of nitro benzene ring substituents is 1. The van der Waals surface area contributed by atoms with Gasteiger partial charge in [0.25, 0.3) is 11.6 Å². The van der Waals surface area contributed by atoms with E-state index in [0.29, 0.717) is 5.75 Å². The maximum atomic E-state index is 12.2. The fourth-order valence-electron chi connectivity index (χ4n) is 2.11. The van der Waals surface area contributed by atoms with Crippen LogP contribution in [0.4, 0.5) is 5.69 Å².